The molecule has 84 valence electrons. The highest BCUT2D eigenvalue weighted by molar-refractivity contribution is 7.80. The smallest absolute Gasteiger partial charge is 0.204 e. The van der Waals surface area contributed by atoms with E-state index in [4.69, 9.17) is 18.0 Å². The van der Waals surface area contributed by atoms with Gasteiger partial charge in [-0.05, 0) is 5.92 Å². The molecule has 1 aromatic rings. The molecule has 0 aromatic carbocycles. The normalized spacial score (nSPS) is 10.6. The summed E-state index contributed by atoms with van der Waals surface area (Å²) in [5, 5.41) is 0.944. The lowest BCUT2D eigenvalue weighted by Crippen LogP contribution is -2.30. The zero-order valence-corrected chi connectivity index (χ0v) is 10.6. The van der Waals surface area contributed by atoms with Crippen molar-refractivity contribution in [1.29, 1.82) is 0 Å². The van der Waals surface area contributed by atoms with Crippen molar-refractivity contribution in [2.24, 2.45) is 11.7 Å². The number of hydrogen-bond acceptors (Lipinski definition) is 5. The predicted octanol–water partition coefficient (Wildman–Crippen LogP) is 1.68. The second kappa shape index (κ2) is 5.97. The molecule has 0 spiro atoms. The standard InChI is InChI=1S/C9H16N4S2/c1-7(2)5-13(4-3-8(10)14)9-11-6-12-15-9/h6-7H,3-5H2,1-2H3,(H2,10,14). The summed E-state index contributed by atoms with van der Waals surface area (Å²) in [5.41, 5.74) is 5.50. The number of rotatable bonds is 6. The van der Waals surface area contributed by atoms with Gasteiger partial charge in [0.15, 0.2) is 0 Å². The molecule has 6 heteroatoms. The van der Waals surface area contributed by atoms with Gasteiger partial charge in [0.05, 0.1) is 4.99 Å². The van der Waals surface area contributed by atoms with Crippen LogP contribution < -0.4 is 10.6 Å². The zero-order valence-electron chi connectivity index (χ0n) is 9.01. The van der Waals surface area contributed by atoms with E-state index in [0.717, 1.165) is 24.6 Å². The van der Waals surface area contributed by atoms with Crippen molar-refractivity contribution in [2.45, 2.75) is 20.3 Å². The van der Waals surface area contributed by atoms with Gasteiger partial charge in [0.2, 0.25) is 5.13 Å². The van der Waals surface area contributed by atoms with E-state index in [1.807, 2.05) is 0 Å². The first-order valence-electron chi connectivity index (χ1n) is 4.89. The monoisotopic (exact) mass is 244 g/mol. The third kappa shape index (κ3) is 4.53. The van der Waals surface area contributed by atoms with Crippen LogP contribution in [0.2, 0.25) is 0 Å². The van der Waals surface area contributed by atoms with Gasteiger partial charge in [-0.15, -0.1) is 0 Å². The van der Waals surface area contributed by atoms with E-state index < -0.39 is 0 Å². The van der Waals surface area contributed by atoms with E-state index in [1.54, 1.807) is 6.33 Å². The van der Waals surface area contributed by atoms with Gasteiger partial charge in [0.25, 0.3) is 0 Å². The number of nitrogens with zero attached hydrogens (tertiary/aromatic N) is 3. The Morgan fingerprint density at radius 1 is 1.67 bits per heavy atom. The first-order valence-corrected chi connectivity index (χ1v) is 6.07. The SMILES string of the molecule is CC(C)CN(CCC(N)=S)c1ncns1. The first kappa shape index (κ1) is 12.3. The molecule has 0 unspecified atom stereocenters. The molecule has 0 saturated carbocycles. The summed E-state index contributed by atoms with van der Waals surface area (Å²) in [6.07, 6.45) is 2.30. The van der Waals surface area contributed by atoms with Crippen LogP contribution in [-0.2, 0) is 0 Å². The second-order valence-corrected chi connectivity index (χ2v) is 5.06. The topological polar surface area (TPSA) is 55.0 Å². The minimum absolute atomic E-state index is 0.549. The summed E-state index contributed by atoms with van der Waals surface area (Å²) in [5.74, 6) is 0.584. The fraction of sp³-hybridized carbons (Fsp3) is 0.667. The Kier molecular flexibility index (Phi) is 4.90. The van der Waals surface area contributed by atoms with Crippen molar-refractivity contribution in [1.82, 2.24) is 9.36 Å². The molecular formula is C9H16N4S2. The highest BCUT2D eigenvalue weighted by Gasteiger charge is 2.11. The van der Waals surface area contributed by atoms with Gasteiger partial charge in [-0.2, -0.15) is 4.37 Å². The summed E-state index contributed by atoms with van der Waals surface area (Å²) in [6.45, 7) is 6.13. The van der Waals surface area contributed by atoms with E-state index >= 15 is 0 Å². The summed E-state index contributed by atoms with van der Waals surface area (Å²) in [4.78, 5) is 6.93. The van der Waals surface area contributed by atoms with Crippen LogP contribution in [0.15, 0.2) is 6.33 Å². The van der Waals surface area contributed by atoms with Gasteiger partial charge < -0.3 is 10.6 Å². The van der Waals surface area contributed by atoms with Crippen LogP contribution >= 0.6 is 23.8 Å². The van der Waals surface area contributed by atoms with Crippen molar-refractivity contribution in [3.63, 3.8) is 0 Å². The third-order valence-electron chi connectivity index (χ3n) is 1.83. The maximum atomic E-state index is 5.50. The van der Waals surface area contributed by atoms with Crippen molar-refractivity contribution in [2.75, 3.05) is 18.0 Å². The Hall–Kier alpha value is -0.750. The first-order chi connectivity index (χ1) is 7.09. The molecule has 0 fully saturated rings. The van der Waals surface area contributed by atoms with Crippen molar-refractivity contribution in [3.8, 4) is 0 Å². The van der Waals surface area contributed by atoms with E-state index in [1.165, 1.54) is 11.5 Å². The fourth-order valence-electron chi connectivity index (χ4n) is 1.26. The summed E-state index contributed by atoms with van der Waals surface area (Å²) in [7, 11) is 0. The van der Waals surface area contributed by atoms with Gasteiger partial charge in [-0.3, -0.25) is 0 Å². The van der Waals surface area contributed by atoms with Crippen LogP contribution in [0, 0.1) is 5.92 Å². The minimum atomic E-state index is 0.549. The Balaban J connectivity index is 2.57. The fourth-order valence-corrected chi connectivity index (χ4v) is 1.91. The lowest BCUT2D eigenvalue weighted by atomic mass is 10.2. The molecule has 1 aromatic heterocycles. The van der Waals surface area contributed by atoms with Crippen LogP contribution in [0.25, 0.3) is 0 Å². The van der Waals surface area contributed by atoms with E-state index in [-0.39, 0.29) is 0 Å². The molecule has 0 amide bonds. The summed E-state index contributed by atoms with van der Waals surface area (Å²) < 4.78 is 4.00. The van der Waals surface area contributed by atoms with Crippen LogP contribution in [-0.4, -0.2) is 27.4 Å². The maximum absolute atomic E-state index is 5.50. The van der Waals surface area contributed by atoms with Crippen molar-refractivity contribution in [3.05, 3.63) is 6.33 Å². The van der Waals surface area contributed by atoms with Gasteiger partial charge >= 0.3 is 0 Å². The number of hydrogen-bond donors (Lipinski definition) is 1. The highest BCUT2D eigenvalue weighted by atomic mass is 32.1. The molecule has 0 aliphatic carbocycles. The van der Waals surface area contributed by atoms with Gasteiger partial charge in [0, 0.05) is 31.0 Å². The molecule has 0 radical (unpaired) electrons. The number of anilines is 1. The summed E-state index contributed by atoms with van der Waals surface area (Å²) >= 11 is 6.28. The van der Waals surface area contributed by atoms with Crippen molar-refractivity contribution < 1.29 is 0 Å². The molecule has 1 rings (SSSR count). The lowest BCUT2D eigenvalue weighted by molar-refractivity contribution is 0.613. The molecule has 0 atom stereocenters. The quantitative estimate of drug-likeness (QED) is 0.772. The molecule has 0 aliphatic rings. The van der Waals surface area contributed by atoms with E-state index in [9.17, 15) is 0 Å². The van der Waals surface area contributed by atoms with E-state index in [2.05, 4.69) is 28.1 Å². The van der Waals surface area contributed by atoms with Crippen LogP contribution in [0.1, 0.15) is 20.3 Å². The maximum Gasteiger partial charge on any atom is 0.204 e. The Bertz CT molecular complexity index is 297. The van der Waals surface area contributed by atoms with Crippen LogP contribution in [0.4, 0.5) is 5.13 Å². The average Bonchev–Trinajstić information content (AvgIpc) is 2.63. The Morgan fingerprint density at radius 3 is 2.87 bits per heavy atom. The van der Waals surface area contributed by atoms with Gasteiger partial charge in [0.1, 0.15) is 6.33 Å². The molecule has 2 N–H and O–H groups in total. The molecule has 0 aliphatic heterocycles. The highest BCUT2D eigenvalue weighted by Crippen LogP contribution is 2.16. The Morgan fingerprint density at radius 2 is 2.40 bits per heavy atom. The molecule has 0 saturated heterocycles. The van der Waals surface area contributed by atoms with E-state index in [0.29, 0.717) is 10.9 Å². The van der Waals surface area contributed by atoms with Gasteiger partial charge in [-0.1, -0.05) is 26.1 Å². The molecule has 4 nitrogen and oxygen atoms in total. The third-order valence-corrected chi connectivity index (χ3v) is 2.76. The molecule has 15 heavy (non-hydrogen) atoms. The lowest BCUT2D eigenvalue weighted by Gasteiger charge is -2.22. The zero-order chi connectivity index (χ0) is 11.3. The van der Waals surface area contributed by atoms with Crippen LogP contribution in [0.5, 0.6) is 0 Å². The van der Waals surface area contributed by atoms with Crippen molar-refractivity contribution >= 4 is 33.9 Å². The van der Waals surface area contributed by atoms with Gasteiger partial charge in [-0.25, -0.2) is 4.98 Å². The molecular weight excluding hydrogens is 228 g/mol. The number of nitrogens with two attached hydrogens (primary N) is 1. The average molecular weight is 244 g/mol. The number of thiocarbonyl (C=S) groups is 1. The molecule has 1 heterocycles. The number of aromatic nitrogens is 2. The Labute approximate surface area is 99.7 Å². The minimum Gasteiger partial charge on any atom is -0.393 e. The van der Waals surface area contributed by atoms with Crippen LogP contribution in [0.3, 0.4) is 0 Å². The second-order valence-electron chi connectivity index (χ2n) is 3.78. The largest absolute Gasteiger partial charge is 0.393 e. The predicted molar refractivity (Wildman–Crippen MR) is 68.4 cm³/mol. The summed E-state index contributed by atoms with van der Waals surface area (Å²) in [6, 6.07) is 0. The molecule has 0 bridgehead atoms.